The predicted octanol–water partition coefficient (Wildman–Crippen LogP) is 3.64. The number of fused-ring (bicyclic) bond motifs is 5. The summed E-state index contributed by atoms with van der Waals surface area (Å²) >= 11 is 0. The van der Waals surface area contributed by atoms with Gasteiger partial charge in [0.15, 0.2) is 0 Å². The Balaban J connectivity index is 1.65. The summed E-state index contributed by atoms with van der Waals surface area (Å²) in [6, 6.07) is 22.7. The molecular weight excluding hydrogens is 415 g/mol. The minimum atomic E-state index is -1.82. The van der Waals surface area contributed by atoms with Gasteiger partial charge in [0.2, 0.25) is 11.4 Å². The summed E-state index contributed by atoms with van der Waals surface area (Å²) in [5.74, 6) is 1.39. The SMILES string of the molecule is CC(=O)OC(C)C[N+](C)(C)C[B-]12C[n+]3c(cccc3-c3ccccc3O1)-c1ccccc1O2. The van der Waals surface area contributed by atoms with Gasteiger partial charge < -0.3 is 18.5 Å². The lowest BCUT2D eigenvalue weighted by atomic mass is 9.55. The van der Waals surface area contributed by atoms with E-state index in [1.165, 1.54) is 6.92 Å². The van der Waals surface area contributed by atoms with Gasteiger partial charge >= 0.3 is 12.5 Å². The average Bonchev–Trinajstić information content (AvgIpc) is 2.95. The van der Waals surface area contributed by atoms with Crippen LogP contribution in [0.25, 0.3) is 22.5 Å². The van der Waals surface area contributed by atoms with E-state index in [2.05, 4.69) is 49.0 Å². The summed E-state index contributed by atoms with van der Waals surface area (Å²) < 4.78 is 22.1. The van der Waals surface area contributed by atoms with Crippen LogP contribution in [0.5, 0.6) is 11.5 Å². The average molecular weight is 445 g/mol. The minimum absolute atomic E-state index is 0.212. The van der Waals surface area contributed by atoms with Gasteiger partial charge in [0.25, 0.3) is 0 Å². The first-order chi connectivity index (χ1) is 15.8. The molecule has 33 heavy (non-hydrogen) atoms. The van der Waals surface area contributed by atoms with Crippen molar-refractivity contribution in [1.29, 1.82) is 0 Å². The van der Waals surface area contributed by atoms with E-state index in [4.69, 9.17) is 14.0 Å². The summed E-state index contributed by atoms with van der Waals surface area (Å²) in [4.78, 5) is 11.5. The normalized spacial score (nSPS) is 16.1. The zero-order valence-corrected chi connectivity index (χ0v) is 19.7. The Morgan fingerprint density at radius 1 is 0.970 bits per heavy atom. The lowest BCUT2D eigenvalue weighted by molar-refractivity contribution is -0.885. The molecule has 0 radical (unpaired) electrons. The van der Waals surface area contributed by atoms with Crippen LogP contribution in [0.15, 0.2) is 66.7 Å². The van der Waals surface area contributed by atoms with Crippen molar-refractivity contribution in [2.75, 3.05) is 27.1 Å². The molecule has 2 aliphatic rings. The number of aromatic nitrogens is 1. The van der Waals surface area contributed by atoms with Crippen molar-refractivity contribution in [2.45, 2.75) is 26.4 Å². The van der Waals surface area contributed by atoms with Gasteiger partial charge in [-0.3, -0.25) is 4.79 Å². The van der Waals surface area contributed by atoms with Gasteiger partial charge in [0.05, 0.1) is 36.7 Å². The molecule has 0 N–H and O–H groups in total. The Kier molecular flexibility index (Phi) is 5.17. The zero-order valence-electron chi connectivity index (χ0n) is 19.7. The molecule has 2 aromatic carbocycles. The summed E-state index contributed by atoms with van der Waals surface area (Å²) in [5, 5.41) is 0. The van der Waals surface area contributed by atoms with Crippen molar-refractivity contribution in [1.82, 2.24) is 0 Å². The highest BCUT2D eigenvalue weighted by Gasteiger charge is 2.49. The van der Waals surface area contributed by atoms with E-state index >= 15 is 0 Å². The van der Waals surface area contributed by atoms with Gasteiger partial charge in [-0.25, -0.2) is 4.57 Å². The third-order valence-corrected chi connectivity index (χ3v) is 6.45. The molecular formula is C26H30BN2O4+. The summed E-state index contributed by atoms with van der Waals surface area (Å²) in [7, 11) is 4.27. The van der Waals surface area contributed by atoms with Crippen molar-refractivity contribution in [3.63, 3.8) is 0 Å². The number of ether oxygens (including phenoxy) is 1. The minimum Gasteiger partial charge on any atom is -0.676 e. The summed E-state index contributed by atoms with van der Waals surface area (Å²) in [6.45, 7) is 2.21. The van der Waals surface area contributed by atoms with Gasteiger partial charge in [-0.2, -0.15) is 0 Å². The van der Waals surface area contributed by atoms with Crippen molar-refractivity contribution < 1.29 is 27.9 Å². The van der Waals surface area contributed by atoms with E-state index in [1.54, 1.807) is 0 Å². The monoisotopic (exact) mass is 445 g/mol. The molecule has 5 rings (SSSR count). The highest BCUT2D eigenvalue weighted by Crippen LogP contribution is 2.39. The van der Waals surface area contributed by atoms with Gasteiger partial charge in [0, 0.05) is 25.5 Å². The molecule has 1 atom stereocenters. The molecule has 6 nitrogen and oxygen atoms in total. The number of para-hydroxylation sites is 2. The maximum atomic E-state index is 11.5. The Hall–Kier alpha value is -3.32. The topological polar surface area (TPSA) is 48.6 Å². The van der Waals surface area contributed by atoms with Crippen molar-refractivity contribution in [3.8, 4) is 34.0 Å². The molecule has 0 saturated carbocycles. The first-order valence-electron chi connectivity index (χ1n) is 11.5. The van der Waals surface area contributed by atoms with Crippen molar-refractivity contribution in [3.05, 3.63) is 66.7 Å². The Bertz CT molecular complexity index is 1160. The van der Waals surface area contributed by atoms with Gasteiger partial charge in [-0.05, 0) is 37.3 Å². The predicted molar refractivity (Wildman–Crippen MR) is 128 cm³/mol. The first kappa shape index (κ1) is 21.5. The number of hydrogen-bond donors (Lipinski definition) is 0. The number of carbonyl (C=O) groups is 1. The van der Waals surface area contributed by atoms with E-state index in [0.717, 1.165) is 34.0 Å². The number of hydrogen-bond acceptors (Lipinski definition) is 4. The van der Waals surface area contributed by atoms with Gasteiger partial charge in [-0.15, -0.1) is 0 Å². The summed E-state index contributed by atoms with van der Waals surface area (Å²) in [6.07, 6.45) is 1.00. The number of nitrogens with zero attached hydrogens (tertiary/aromatic N) is 2. The van der Waals surface area contributed by atoms with Crippen LogP contribution in [0, 0.1) is 0 Å². The number of esters is 1. The molecule has 0 saturated heterocycles. The van der Waals surface area contributed by atoms with Gasteiger partial charge in [-0.1, -0.05) is 24.3 Å². The highest BCUT2D eigenvalue weighted by molar-refractivity contribution is 6.67. The fourth-order valence-electron chi connectivity index (χ4n) is 5.59. The molecule has 2 bridgehead atoms. The molecule has 1 unspecified atom stereocenters. The molecule has 0 amide bonds. The van der Waals surface area contributed by atoms with E-state index in [9.17, 15) is 4.79 Å². The van der Waals surface area contributed by atoms with Crippen molar-refractivity contribution in [2.24, 2.45) is 0 Å². The molecule has 7 heteroatoms. The molecule has 0 aliphatic carbocycles. The second-order valence-electron chi connectivity index (χ2n) is 9.91. The summed E-state index contributed by atoms with van der Waals surface area (Å²) in [5.41, 5.74) is 4.35. The molecule has 2 aliphatic heterocycles. The Morgan fingerprint density at radius 2 is 1.52 bits per heavy atom. The van der Waals surface area contributed by atoms with Crippen LogP contribution in [-0.2, 0) is 16.0 Å². The van der Waals surface area contributed by atoms with Crippen LogP contribution < -0.4 is 13.9 Å². The Morgan fingerprint density at radius 3 is 2.06 bits per heavy atom. The van der Waals surface area contributed by atoms with E-state index in [-0.39, 0.29) is 12.1 Å². The number of likely N-dealkylation sites (N-methyl/N-ethyl adjacent to an activating group) is 1. The second kappa shape index (κ2) is 7.92. The standard InChI is InChI=1S/C26H30BN2O4/c1-19(31-20(2)30)16-29(3,4)18-27-17-28-23(21-10-5-7-14-25(21)32-27)12-9-13-24(28)22-11-6-8-15-26(22)33-27/h5-15,19H,16-18H2,1-4H3/q+1. The number of carbonyl (C=O) groups excluding carboxylic acids is 1. The lowest BCUT2D eigenvalue weighted by Gasteiger charge is -2.45. The van der Waals surface area contributed by atoms with Crippen LogP contribution in [-0.4, -0.2) is 50.2 Å². The van der Waals surface area contributed by atoms with Crippen LogP contribution in [0.2, 0.25) is 0 Å². The Labute approximate surface area is 194 Å². The molecule has 170 valence electrons. The maximum Gasteiger partial charge on any atom is 0.461 e. The highest BCUT2D eigenvalue weighted by atomic mass is 16.6. The number of pyridine rings is 1. The first-order valence-corrected chi connectivity index (χ1v) is 11.5. The van der Waals surface area contributed by atoms with E-state index < -0.39 is 6.55 Å². The molecule has 0 fully saturated rings. The second-order valence-corrected chi connectivity index (χ2v) is 9.91. The fraction of sp³-hybridized carbons (Fsp3) is 0.308. The largest absolute Gasteiger partial charge is 0.676 e. The van der Waals surface area contributed by atoms with Crippen molar-refractivity contribution >= 4 is 12.5 Å². The van der Waals surface area contributed by atoms with E-state index in [1.807, 2.05) is 43.3 Å². The number of quaternary nitrogens is 1. The number of rotatable bonds is 5. The lowest BCUT2D eigenvalue weighted by Crippen LogP contribution is -2.68. The zero-order chi connectivity index (χ0) is 23.2. The maximum absolute atomic E-state index is 11.5. The van der Waals surface area contributed by atoms with Gasteiger partial charge in [0.1, 0.15) is 19.1 Å². The van der Waals surface area contributed by atoms with Crippen LogP contribution in [0.4, 0.5) is 0 Å². The molecule has 1 aromatic heterocycles. The smallest absolute Gasteiger partial charge is 0.461 e. The third-order valence-electron chi connectivity index (χ3n) is 6.45. The number of benzene rings is 2. The third kappa shape index (κ3) is 4.09. The van der Waals surface area contributed by atoms with Crippen LogP contribution in [0.1, 0.15) is 13.8 Å². The quantitative estimate of drug-likeness (QED) is 0.261. The molecule has 3 aromatic rings. The molecule has 3 heterocycles. The fourth-order valence-corrected chi connectivity index (χ4v) is 5.59. The van der Waals surface area contributed by atoms with Crippen LogP contribution in [0.3, 0.4) is 0 Å². The van der Waals surface area contributed by atoms with Crippen LogP contribution >= 0.6 is 0 Å². The molecule has 0 spiro atoms. The van der Waals surface area contributed by atoms with E-state index in [0.29, 0.717) is 23.9 Å².